The highest BCUT2D eigenvalue weighted by Gasteiger charge is 2.33. The lowest BCUT2D eigenvalue weighted by molar-refractivity contribution is 0.192. The van der Waals surface area contributed by atoms with Crippen LogP contribution in [-0.4, -0.2) is 31.1 Å². The van der Waals surface area contributed by atoms with Gasteiger partial charge in [0.1, 0.15) is 0 Å². The van der Waals surface area contributed by atoms with Crippen molar-refractivity contribution in [2.75, 3.05) is 26.2 Å². The third-order valence-electron chi connectivity index (χ3n) is 3.80. The number of hydrogen-bond acceptors (Lipinski definition) is 3. The summed E-state index contributed by atoms with van der Waals surface area (Å²) in [6.07, 6.45) is 0. The first-order chi connectivity index (χ1) is 11.0. The van der Waals surface area contributed by atoms with Gasteiger partial charge in [0, 0.05) is 37.1 Å². The van der Waals surface area contributed by atoms with E-state index in [-0.39, 0.29) is 18.5 Å². The van der Waals surface area contributed by atoms with Crippen LogP contribution in [-0.2, 0) is 0 Å². The molecule has 2 nitrogen and oxygen atoms in total. The first-order valence-corrected chi connectivity index (χ1v) is 8.21. The molecule has 2 aromatic rings. The smallest absolute Gasteiger partial charge is 0.167 e. The zero-order chi connectivity index (χ0) is 16.6. The predicted molar refractivity (Wildman–Crippen MR) is 89.1 cm³/mol. The van der Waals surface area contributed by atoms with Crippen LogP contribution in [0.4, 0.5) is 17.6 Å². The number of thiophene rings is 1. The lowest BCUT2D eigenvalue weighted by Crippen LogP contribution is -2.45. The van der Waals surface area contributed by atoms with Gasteiger partial charge in [-0.15, -0.1) is 23.7 Å². The Balaban J connectivity index is 0.00000208. The standard InChI is InChI=1S/C15H13ClF4N2S.ClH/c16-11-2-1-10(23-11)15(22-5-3-21-4-6-22)12-13(19)8(17)7-9(18)14(12)20;/h1-2,7,15,21H,3-6H2;1H/t15-;/m0./s1. The number of piperazine rings is 1. The Morgan fingerprint density at radius 2 is 1.62 bits per heavy atom. The Morgan fingerprint density at radius 1 is 1.04 bits per heavy atom. The molecule has 0 bridgehead atoms. The number of halogens is 6. The number of hydrogen-bond donors (Lipinski definition) is 1. The molecule has 1 aromatic carbocycles. The first-order valence-electron chi connectivity index (χ1n) is 7.02. The van der Waals surface area contributed by atoms with Gasteiger partial charge in [-0.2, -0.15) is 0 Å². The van der Waals surface area contributed by atoms with E-state index in [0.29, 0.717) is 35.4 Å². The number of benzene rings is 1. The van der Waals surface area contributed by atoms with Crippen LogP contribution in [0.25, 0.3) is 0 Å². The van der Waals surface area contributed by atoms with E-state index in [1.165, 1.54) is 0 Å². The molecule has 0 unspecified atom stereocenters. The molecular formula is C15H14Cl2F4N2S. The molecule has 3 rings (SSSR count). The second kappa shape index (κ2) is 8.01. The van der Waals surface area contributed by atoms with Crippen molar-refractivity contribution in [3.8, 4) is 0 Å². The number of rotatable bonds is 3. The summed E-state index contributed by atoms with van der Waals surface area (Å²) in [5.41, 5.74) is -0.608. The molecule has 0 aliphatic carbocycles. The van der Waals surface area contributed by atoms with Crippen LogP contribution < -0.4 is 5.32 Å². The molecule has 0 spiro atoms. The van der Waals surface area contributed by atoms with Crippen molar-refractivity contribution in [1.82, 2.24) is 10.2 Å². The summed E-state index contributed by atoms with van der Waals surface area (Å²) < 4.78 is 56.3. The molecule has 1 aromatic heterocycles. The largest absolute Gasteiger partial charge is 0.314 e. The van der Waals surface area contributed by atoms with Gasteiger partial charge >= 0.3 is 0 Å². The van der Waals surface area contributed by atoms with E-state index in [1.54, 1.807) is 17.0 Å². The van der Waals surface area contributed by atoms with Gasteiger partial charge < -0.3 is 5.32 Å². The van der Waals surface area contributed by atoms with Gasteiger partial charge in [-0.3, -0.25) is 4.90 Å². The lowest BCUT2D eigenvalue weighted by Gasteiger charge is -2.35. The van der Waals surface area contributed by atoms with Gasteiger partial charge in [-0.1, -0.05) is 11.6 Å². The van der Waals surface area contributed by atoms with E-state index in [0.717, 1.165) is 11.3 Å². The Hall–Kier alpha value is -0.860. The molecule has 1 aliphatic rings. The summed E-state index contributed by atoms with van der Waals surface area (Å²) in [5.74, 6) is -5.53. The summed E-state index contributed by atoms with van der Waals surface area (Å²) in [6, 6.07) is 2.54. The fourth-order valence-electron chi connectivity index (χ4n) is 2.75. The summed E-state index contributed by atoms with van der Waals surface area (Å²) in [4.78, 5) is 2.33. The number of nitrogens with zero attached hydrogens (tertiary/aromatic N) is 1. The molecule has 1 atom stereocenters. The topological polar surface area (TPSA) is 15.3 Å². The Labute approximate surface area is 151 Å². The highest BCUT2D eigenvalue weighted by atomic mass is 35.5. The molecule has 1 N–H and O–H groups in total. The third-order valence-corrected chi connectivity index (χ3v) is 5.08. The fourth-order valence-corrected chi connectivity index (χ4v) is 3.96. The first kappa shape index (κ1) is 19.5. The van der Waals surface area contributed by atoms with Gasteiger partial charge in [0.15, 0.2) is 23.3 Å². The fraction of sp³-hybridized carbons (Fsp3) is 0.333. The second-order valence-electron chi connectivity index (χ2n) is 5.21. The van der Waals surface area contributed by atoms with E-state index in [1.807, 2.05) is 0 Å². The van der Waals surface area contributed by atoms with Crippen molar-refractivity contribution in [1.29, 1.82) is 0 Å². The van der Waals surface area contributed by atoms with Crippen molar-refractivity contribution in [3.63, 3.8) is 0 Å². The van der Waals surface area contributed by atoms with E-state index in [4.69, 9.17) is 11.6 Å². The molecule has 1 saturated heterocycles. The van der Waals surface area contributed by atoms with Crippen molar-refractivity contribution >= 4 is 35.3 Å². The van der Waals surface area contributed by atoms with E-state index in [2.05, 4.69) is 5.32 Å². The molecule has 1 fully saturated rings. The minimum atomic E-state index is -1.40. The zero-order valence-electron chi connectivity index (χ0n) is 12.3. The quantitative estimate of drug-likeness (QED) is 0.607. The highest BCUT2D eigenvalue weighted by molar-refractivity contribution is 7.16. The molecule has 0 saturated carbocycles. The number of nitrogens with one attached hydrogen (secondary N) is 1. The molecule has 132 valence electrons. The average molecular weight is 401 g/mol. The second-order valence-corrected chi connectivity index (χ2v) is 6.96. The maximum Gasteiger partial charge on any atom is 0.167 e. The Bertz CT molecular complexity index is 693. The molecule has 1 aliphatic heterocycles. The molecule has 2 heterocycles. The van der Waals surface area contributed by atoms with Crippen molar-refractivity contribution < 1.29 is 17.6 Å². The minimum absolute atomic E-state index is 0. The molecule has 24 heavy (non-hydrogen) atoms. The monoisotopic (exact) mass is 400 g/mol. The minimum Gasteiger partial charge on any atom is -0.314 e. The maximum atomic E-state index is 14.3. The van der Waals surface area contributed by atoms with Gasteiger partial charge in [0.2, 0.25) is 0 Å². The van der Waals surface area contributed by atoms with Crippen molar-refractivity contribution in [3.05, 3.63) is 56.2 Å². The Morgan fingerprint density at radius 3 is 2.12 bits per heavy atom. The summed E-state index contributed by atoms with van der Waals surface area (Å²) in [6.45, 7) is 2.24. The molecule has 0 radical (unpaired) electrons. The van der Waals surface area contributed by atoms with Crippen LogP contribution in [0, 0.1) is 23.3 Å². The van der Waals surface area contributed by atoms with E-state index >= 15 is 0 Å². The molecule has 9 heteroatoms. The summed E-state index contributed by atoms with van der Waals surface area (Å²) >= 11 is 7.06. The summed E-state index contributed by atoms with van der Waals surface area (Å²) in [5, 5.41) is 3.13. The average Bonchev–Trinajstić information content (AvgIpc) is 2.96. The Kier molecular flexibility index (Phi) is 6.50. The summed E-state index contributed by atoms with van der Waals surface area (Å²) in [7, 11) is 0. The SMILES string of the molecule is Cl.Fc1cc(F)c(F)c([C@H](c2ccc(Cl)s2)N2CCNCC2)c1F. The van der Waals surface area contributed by atoms with E-state index in [9.17, 15) is 17.6 Å². The highest BCUT2D eigenvalue weighted by Crippen LogP contribution is 2.38. The van der Waals surface area contributed by atoms with Crippen LogP contribution >= 0.6 is 35.3 Å². The van der Waals surface area contributed by atoms with E-state index < -0.39 is 34.9 Å². The van der Waals surface area contributed by atoms with Crippen LogP contribution in [0.3, 0.4) is 0 Å². The van der Waals surface area contributed by atoms with Crippen molar-refractivity contribution in [2.24, 2.45) is 0 Å². The van der Waals surface area contributed by atoms with Gasteiger partial charge in [-0.25, -0.2) is 17.6 Å². The van der Waals surface area contributed by atoms with Crippen LogP contribution in [0.1, 0.15) is 16.5 Å². The van der Waals surface area contributed by atoms with Gasteiger partial charge in [0.05, 0.1) is 15.9 Å². The zero-order valence-corrected chi connectivity index (χ0v) is 14.7. The van der Waals surface area contributed by atoms with Gasteiger partial charge in [0.25, 0.3) is 0 Å². The molecule has 0 amide bonds. The van der Waals surface area contributed by atoms with Crippen LogP contribution in [0.2, 0.25) is 4.34 Å². The van der Waals surface area contributed by atoms with Crippen LogP contribution in [0.15, 0.2) is 18.2 Å². The normalized spacial score (nSPS) is 16.7. The van der Waals surface area contributed by atoms with Crippen LogP contribution in [0.5, 0.6) is 0 Å². The third kappa shape index (κ3) is 3.70. The van der Waals surface area contributed by atoms with Crippen molar-refractivity contribution in [2.45, 2.75) is 6.04 Å². The molecular weight excluding hydrogens is 387 g/mol. The lowest BCUT2D eigenvalue weighted by atomic mass is 10.0. The van der Waals surface area contributed by atoms with Gasteiger partial charge in [-0.05, 0) is 12.1 Å². The maximum absolute atomic E-state index is 14.3. The predicted octanol–water partition coefficient (Wildman–Crippen LogP) is 4.37.